The van der Waals surface area contributed by atoms with Crippen LogP contribution < -0.4 is 4.31 Å². The van der Waals surface area contributed by atoms with Gasteiger partial charge in [-0.3, -0.25) is 8.99 Å². The lowest BCUT2D eigenvalue weighted by Gasteiger charge is -2.26. The first kappa shape index (κ1) is 21.6. The van der Waals surface area contributed by atoms with E-state index in [9.17, 15) is 8.42 Å². The second kappa shape index (κ2) is 8.50. The molecule has 2 aromatic carbocycles. The zero-order valence-corrected chi connectivity index (χ0v) is 19.3. The van der Waals surface area contributed by atoms with Crippen LogP contribution in [0.2, 0.25) is 0 Å². The van der Waals surface area contributed by atoms with Gasteiger partial charge in [0.05, 0.1) is 24.0 Å². The highest BCUT2D eigenvalue weighted by Crippen LogP contribution is 2.36. The Morgan fingerprint density at radius 2 is 1.55 bits per heavy atom. The van der Waals surface area contributed by atoms with Gasteiger partial charge in [0.15, 0.2) is 0 Å². The van der Waals surface area contributed by atoms with Crippen LogP contribution in [0.25, 0.3) is 0 Å². The largest absolute Gasteiger partial charge is 0.268 e. The third kappa shape index (κ3) is 4.54. The maximum atomic E-state index is 14.1. The first-order chi connectivity index (χ1) is 14.8. The van der Waals surface area contributed by atoms with Crippen molar-refractivity contribution in [1.29, 1.82) is 0 Å². The topological polar surface area (TPSA) is 55.2 Å². The Balaban J connectivity index is 1.83. The van der Waals surface area contributed by atoms with Crippen molar-refractivity contribution in [3.63, 3.8) is 0 Å². The molecule has 31 heavy (non-hydrogen) atoms. The van der Waals surface area contributed by atoms with E-state index in [1.165, 1.54) is 17.1 Å². The number of nitrogens with zero attached hydrogens (tertiary/aromatic N) is 3. The maximum absolute atomic E-state index is 14.1. The average molecular weight is 438 g/mol. The van der Waals surface area contributed by atoms with Gasteiger partial charge in [0, 0.05) is 11.6 Å². The van der Waals surface area contributed by atoms with Crippen molar-refractivity contribution >= 4 is 15.7 Å². The first-order valence-electron chi connectivity index (χ1n) is 11.0. The van der Waals surface area contributed by atoms with Gasteiger partial charge in [-0.1, -0.05) is 82.1 Å². The molecule has 0 atom stereocenters. The van der Waals surface area contributed by atoms with Crippen LogP contribution in [0.4, 0.5) is 5.69 Å². The second-order valence-electron chi connectivity index (χ2n) is 9.34. The molecule has 0 radical (unpaired) electrons. The van der Waals surface area contributed by atoms with Gasteiger partial charge in [0.1, 0.15) is 4.90 Å². The molecule has 1 saturated carbocycles. The normalized spacial score (nSPS) is 15.3. The number of benzene rings is 2. The van der Waals surface area contributed by atoms with E-state index in [-0.39, 0.29) is 18.0 Å². The summed E-state index contributed by atoms with van der Waals surface area (Å²) in [4.78, 5) is 0.312. The summed E-state index contributed by atoms with van der Waals surface area (Å²) in [5, 5.41) is 4.82. The molecule has 164 valence electrons. The van der Waals surface area contributed by atoms with Crippen LogP contribution in [0.15, 0.2) is 71.8 Å². The van der Waals surface area contributed by atoms with Gasteiger partial charge in [0.25, 0.3) is 10.0 Å². The predicted octanol–water partition coefficient (Wildman–Crippen LogP) is 5.69. The van der Waals surface area contributed by atoms with E-state index >= 15 is 0 Å². The zero-order chi connectivity index (χ0) is 22.1. The van der Waals surface area contributed by atoms with Gasteiger partial charge in [-0.2, -0.15) is 5.10 Å². The Morgan fingerprint density at radius 1 is 0.968 bits per heavy atom. The minimum atomic E-state index is -3.82. The van der Waals surface area contributed by atoms with Crippen LogP contribution in [0.5, 0.6) is 0 Å². The molecule has 3 aromatic rings. The molecule has 0 amide bonds. The minimum absolute atomic E-state index is 0.269. The van der Waals surface area contributed by atoms with E-state index < -0.39 is 10.0 Å². The van der Waals surface area contributed by atoms with Gasteiger partial charge in [-0.15, -0.1) is 0 Å². The molecule has 1 heterocycles. The Labute approximate surface area is 185 Å². The summed E-state index contributed by atoms with van der Waals surface area (Å²) >= 11 is 0. The summed E-state index contributed by atoms with van der Waals surface area (Å²) in [5.74, 6) is 0. The Morgan fingerprint density at radius 3 is 2.13 bits per heavy atom. The van der Waals surface area contributed by atoms with Crippen LogP contribution in [-0.2, 0) is 22.0 Å². The molecule has 4 rings (SSSR count). The molecular weight excluding hydrogens is 406 g/mol. The number of aromatic nitrogens is 2. The molecule has 0 spiro atoms. The SMILES string of the molecule is CC(C)(C)c1nn(C2CCCC2)cc1S(=O)(=O)N(Cc1ccccc1)c1ccccc1. The molecule has 0 aliphatic heterocycles. The van der Waals surface area contributed by atoms with Gasteiger partial charge in [-0.25, -0.2) is 8.42 Å². The lowest BCUT2D eigenvalue weighted by molar-refractivity contribution is 0.448. The maximum Gasteiger partial charge on any atom is 0.268 e. The van der Waals surface area contributed by atoms with Gasteiger partial charge in [-0.05, 0) is 30.5 Å². The summed E-state index contributed by atoms with van der Waals surface area (Å²) < 4.78 is 31.6. The average Bonchev–Trinajstić information content (AvgIpc) is 3.43. The van der Waals surface area contributed by atoms with Crippen molar-refractivity contribution in [3.8, 4) is 0 Å². The van der Waals surface area contributed by atoms with E-state index in [0.717, 1.165) is 18.4 Å². The van der Waals surface area contributed by atoms with E-state index in [2.05, 4.69) is 0 Å². The fourth-order valence-corrected chi connectivity index (χ4v) is 6.00. The molecule has 1 fully saturated rings. The predicted molar refractivity (Wildman–Crippen MR) is 125 cm³/mol. The van der Waals surface area contributed by atoms with E-state index in [0.29, 0.717) is 16.3 Å². The number of sulfonamides is 1. The third-order valence-electron chi connectivity index (χ3n) is 5.89. The molecule has 1 aliphatic carbocycles. The van der Waals surface area contributed by atoms with Gasteiger partial charge in [0.2, 0.25) is 0 Å². The zero-order valence-electron chi connectivity index (χ0n) is 18.5. The van der Waals surface area contributed by atoms with Crippen LogP contribution in [0.1, 0.15) is 63.8 Å². The summed E-state index contributed by atoms with van der Waals surface area (Å²) in [6, 6.07) is 19.3. The van der Waals surface area contributed by atoms with E-state index in [1.54, 1.807) is 6.20 Å². The number of rotatable bonds is 6. The fourth-order valence-electron chi connectivity index (χ4n) is 4.22. The lowest BCUT2D eigenvalue weighted by Crippen LogP contribution is -2.32. The highest BCUT2D eigenvalue weighted by molar-refractivity contribution is 7.92. The van der Waals surface area contributed by atoms with Crippen molar-refractivity contribution in [2.75, 3.05) is 4.31 Å². The number of hydrogen-bond acceptors (Lipinski definition) is 3. The molecule has 1 aromatic heterocycles. The molecule has 5 nitrogen and oxygen atoms in total. The van der Waals surface area contributed by atoms with Crippen LogP contribution in [0.3, 0.4) is 0 Å². The Bertz CT molecular complexity index is 1110. The Kier molecular flexibility index (Phi) is 5.93. The van der Waals surface area contributed by atoms with Crippen molar-refractivity contribution in [2.45, 2.75) is 69.4 Å². The van der Waals surface area contributed by atoms with Crippen molar-refractivity contribution in [3.05, 3.63) is 78.1 Å². The number of para-hydroxylation sites is 1. The summed E-state index contributed by atoms with van der Waals surface area (Å²) in [6.07, 6.45) is 6.21. The molecule has 6 heteroatoms. The molecule has 1 aliphatic rings. The van der Waals surface area contributed by atoms with Crippen LogP contribution in [0, 0.1) is 0 Å². The lowest BCUT2D eigenvalue weighted by atomic mass is 9.92. The smallest absolute Gasteiger partial charge is 0.268 e. The first-order valence-corrected chi connectivity index (χ1v) is 12.4. The standard InChI is InChI=1S/C25H31N3O2S/c1-25(2,3)24-23(19-27(26-24)21-14-10-11-15-21)31(29,30)28(22-16-8-5-9-17-22)18-20-12-6-4-7-13-20/h4-9,12-13,16-17,19,21H,10-11,14-15,18H2,1-3H3. The molecule has 0 bridgehead atoms. The Hall–Kier alpha value is -2.60. The van der Waals surface area contributed by atoms with Crippen LogP contribution in [-0.4, -0.2) is 18.2 Å². The van der Waals surface area contributed by atoms with Gasteiger partial charge < -0.3 is 0 Å². The van der Waals surface area contributed by atoms with E-state index in [1.807, 2.05) is 86.1 Å². The summed E-state index contributed by atoms with van der Waals surface area (Å²) in [5.41, 5.74) is 1.84. The third-order valence-corrected chi connectivity index (χ3v) is 7.66. The fraction of sp³-hybridized carbons (Fsp3) is 0.400. The van der Waals surface area contributed by atoms with Crippen molar-refractivity contribution in [1.82, 2.24) is 9.78 Å². The highest BCUT2D eigenvalue weighted by Gasteiger charge is 2.35. The monoisotopic (exact) mass is 437 g/mol. The molecular formula is C25H31N3O2S. The second-order valence-corrected chi connectivity index (χ2v) is 11.2. The summed E-state index contributed by atoms with van der Waals surface area (Å²) in [7, 11) is -3.82. The van der Waals surface area contributed by atoms with Crippen LogP contribution >= 0.6 is 0 Å². The quantitative estimate of drug-likeness (QED) is 0.498. The number of anilines is 1. The minimum Gasteiger partial charge on any atom is -0.268 e. The molecule has 0 N–H and O–H groups in total. The molecule has 0 unspecified atom stereocenters. The van der Waals surface area contributed by atoms with Gasteiger partial charge >= 0.3 is 0 Å². The van der Waals surface area contributed by atoms with Crippen molar-refractivity contribution in [2.24, 2.45) is 0 Å². The molecule has 0 saturated heterocycles. The van der Waals surface area contributed by atoms with E-state index in [4.69, 9.17) is 5.10 Å². The number of hydrogen-bond donors (Lipinski definition) is 0. The summed E-state index contributed by atoms with van der Waals surface area (Å²) in [6.45, 7) is 6.34. The highest BCUT2D eigenvalue weighted by atomic mass is 32.2. The van der Waals surface area contributed by atoms with Crippen molar-refractivity contribution < 1.29 is 8.42 Å².